The van der Waals surface area contributed by atoms with Gasteiger partial charge in [0.15, 0.2) is 0 Å². The number of esters is 1. The lowest BCUT2D eigenvalue weighted by Gasteiger charge is -2.37. The van der Waals surface area contributed by atoms with E-state index in [-0.39, 0.29) is 44.2 Å². The predicted molar refractivity (Wildman–Crippen MR) is 145 cm³/mol. The number of likely N-dealkylation sites (tertiary alicyclic amines) is 1. The van der Waals surface area contributed by atoms with Gasteiger partial charge in [0.2, 0.25) is 11.8 Å². The molecule has 0 radical (unpaired) electrons. The van der Waals surface area contributed by atoms with Gasteiger partial charge in [-0.05, 0) is 57.6 Å². The Labute approximate surface area is 234 Å². The summed E-state index contributed by atoms with van der Waals surface area (Å²) in [5.74, 6) is -2.66. The molecule has 6 atom stereocenters. The van der Waals surface area contributed by atoms with Crippen LogP contribution in [0.25, 0.3) is 11.0 Å². The van der Waals surface area contributed by atoms with Gasteiger partial charge in [-0.1, -0.05) is 30.3 Å². The molecule has 1 N–H and O–H groups in total. The monoisotopic (exact) mass is 553 g/mol. The first-order chi connectivity index (χ1) is 19.2. The molecular weight excluding hydrogens is 514 g/mol. The van der Waals surface area contributed by atoms with Crippen LogP contribution in [0.1, 0.15) is 46.5 Å². The zero-order valence-electron chi connectivity index (χ0n) is 23.5. The summed E-state index contributed by atoms with van der Waals surface area (Å²) in [4.78, 5) is 45.3. The topological polar surface area (TPSA) is 127 Å². The van der Waals surface area contributed by atoms with Crippen molar-refractivity contribution in [1.82, 2.24) is 24.8 Å². The first-order valence-corrected chi connectivity index (χ1v) is 14.2. The van der Waals surface area contributed by atoms with Gasteiger partial charge >= 0.3 is 5.97 Å². The van der Waals surface area contributed by atoms with Crippen LogP contribution in [0.3, 0.4) is 0 Å². The van der Waals surface area contributed by atoms with E-state index in [0.29, 0.717) is 37.7 Å². The fourth-order valence-corrected chi connectivity index (χ4v) is 7.15. The Morgan fingerprint density at radius 1 is 1.30 bits per heavy atom. The number of para-hydroxylation sites is 1. The Kier molecular flexibility index (Phi) is 7.71. The Morgan fingerprint density at radius 2 is 2.08 bits per heavy atom. The Bertz CT molecular complexity index is 1300. The number of amides is 2. The Hall–Kier alpha value is -3.31. The molecule has 2 amide bonds. The first kappa shape index (κ1) is 28.2. The smallest absolute Gasteiger partial charge is 0.312 e. The van der Waals surface area contributed by atoms with Crippen molar-refractivity contribution in [2.45, 2.75) is 70.4 Å². The van der Waals surface area contributed by atoms with Crippen LogP contribution >= 0.6 is 0 Å². The number of carbonyl (C=O) groups excluding carboxylic acids is 3. The SMILES string of the molecule is C=CCN(Cn1nnc2ccccc21)C(=O)C1N(CCCCCO)C(=O)[C@@H]2[C@H](C(=O)OCC)[C@@]3(C)OC12CC3C. The molecule has 4 heterocycles. The van der Waals surface area contributed by atoms with Crippen LogP contribution in [0.4, 0.5) is 0 Å². The first-order valence-electron chi connectivity index (χ1n) is 14.2. The highest BCUT2D eigenvalue weighted by atomic mass is 16.6. The van der Waals surface area contributed by atoms with E-state index in [2.05, 4.69) is 16.9 Å². The fourth-order valence-electron chi connectivity index (χ4n) is 7.15. The maximum absolute atomic E-state index is 14.6. The largest absolute Gasteiger partial charge is 0.466 e. The van der Waals surface area contributed by atoms with Crippen molar-refractivity contribution >= 4 is 28.8 Å². The summed E-state index contributed by atoms with van der Waals surface area (Å²) in [6.45, 7) is 10.4. The van der Waals surface area contributed by atoms with Crippen LogP contribution in [-0.4, -0.2) is 91.2 Å². The molecule has 3 aliphatic heterocycles. The minimum absolute atomic E-state index is 0.0613. The van der Waals surface area contributed by atoms with E-state index < -0.39 is 35.0 Å². The molecule has 0 saturated carbocycles. The number of rotatable bonds is 12. The maximum Gasteiger partial charge on any atom is 0.312 e. The summed E-state index contributed by atoms with van der Waals surface area (Å²) in [7, 11) is 0. The lowest BCUT2D eigenvalue weighted by atomic mass is 9.62. The highest BCUT2D eigenvalue weighted by molar-refractivity contribution is 5.98. The maximum atomic E-state index is 14.6. The molecule has 1 spiro atoms. The van der Waals surface area contributed by atoms with Crippen molar-refractivity contribution in [3.05, 3.63) is 36.9 Å². The fraction of sp³-hybridized carbons (Fsp3) is 0.621. The van der Waals surface area contributed by atoms with E-state index in [1.54, 1.807) is 27.5 Å². The van der Waals surface area contributed by atoms with E-state index in [1.807, 2.05) is 38.1 Å². The van der Waals surface area contributed by atoms with Crippen LogP contribution in [0.15, 0.2) is 36.9 Å². The number of nitrogens with zero attached hydrogens (tertiary/aromatic N) is 5. The molecule has 0 aliphatic carbocycles. The highest BCUT2D eigenvalue weighted by Crippen LogP contribution is 2.65. The van der Waals surface area contributed by atoms with Gasteiger partial charge in [0.05, 0.1) is 23.6 Å². The summed E-state index contributed by atoms with van der Waals surface area (Å²) < 4.78 is 13.8. The quantitative estimate of drug-likeness (QED) is 0.241. The Balaban J connectivity index is 1.54. The van der Waals surface area contributed by atoms with E-state index in [4.69, 9.17) is 9.47 Å². The summed E-state index contributed by atoms with van der Waals surface area (Å²) >= 11 is 0. The lowest BCUT2D eigenvalue weighted by Crippen LogP contribution is -2.56. The molecule has 11 heteroatoms. The molecule has 3 saturated heterocycles. The molecule has 1 aromatic carbocycles. The van der Waals surface area contributed by atoms with E-state index >= 15 is 0 Å². The zero-order chi connectivity index (χ0) is 28.7. The number of benzene rings is 1. The van der Waals surface area contributed by atoms with Crippen molar-refractivity contribution in [3.8, 4) is 0 Å². The molecule has 40 heavy (non-hydrogen) atoms. The van der Waals surface area contributed by atoms with E-state index in [9.17, 15) is 19.5 Å². The summed E-state index contributed by atoms with van der Waals surface area (Å²) in [6, 6.07) is 6.59. The third-order valence-corrected chi connectivity index (χ3v) is 9.03. The number of ether oxygens (including phenoxy) is 2. The number of carbonyl (C=O) groups is 3. The highest BCUT2D eigenvalue weighted by Gasteiger charge is 2.80. The average molecular weight is 554 g/mol. The number of aliphatic hydroxyl groups excluding tert-OH is 1. The van der Waals surface area contributed by atoms with Gasteiger partial charge in [-0.2, -0.15) is 0 Å². The van der Waals surface area contributed by atoms with Gasteiger partial charge in [0.25, 0.3) is 0 Å². The third kappa shape index (κ3) is 4.30. The zero-order valence-corrected chi connectivity index (χ0v) is 23.5. The molecule has 2 bridgehead atoms. The van der Waals surface area contributed by atoms with Gasteiger partial charge in [0, 0.05) is 19.7 Å². The molecular formula is C29H39N5O6. The molecule has 216 valence electrons. The van der Waals surface area contributed by atoms with Gasteiger partial charge in [0.1, 0.15) is 29.7 Å². The van der Waals surface area contributed by atoms with Gasteiger partial charge < -0.3 is 24.4 Å². The van der Waals surface area contributed by atoms with Crippen molar-refractivity contribution in [2.75, 3.05) is 26.3 Å². The second-order valence-electron chi connectivity index (χ2n) is 11.3. The minimum atomic E-state index is -1.15. The number of aliphatic hydroxyl groups is 1. The van der Waals surface area contributed by atoms with Crippen molar-refractivity contribution in [2.24, 2.45) is 17.8 Å². The van der Waals surface area contributed by atoms with Crippen LogP contribution in [-0.2, 0) is 30.5 Å². The number of unbranched alkanes of at least 4 members (excludes halogenated alkanes) is 2. The van der Waals surface area contributed by atoms with Crippen LogP contribution < -0.4 is 0 Å². The standard InChI is InChI=1S/C29H39N5O6/c1-5-14-32(18-34-21-13-9-8-12-20(21)30-31-34)26(37)24-29-17-19(3)28(4,40-29)23(27(38)39-6-2)22(29)25(36)33(24)15-10-7-11-16-35/h5,8-9,12-13,19,22-24,35H,1,6-7,10-11,14-18H2,2-4H3/t19?,22-,23+,24?,28-,29?/m0/s1. The number of fused-ring (bicyclic) bond motifs is 2. The van der Waals surface area contributed by atoms with Crippen molar-refractivity contribution < 1.29 is 29.0 Å². The third-order valence-electron chi connectivity index (χ3n) is 9.03. The number of aromatic nitrogens is 3. The number of hydrogen-bond acceptors (Lipinski definition) is 8. The normalized spacial score (nSPS) is 30.6. The van der Waals surface area contributed by atoms with Crippen molar-refractivity contribution in [1.29, 1.82) is 0 Å². The van der Waals surface area contributed by atoms with Gasteiger partial charge in [-0.3, -0.25) is 14.4 Å². The average Bonchev–Trinajstić information content (AvgIpc) is 3.60. The van der Waals surface area contributed by atoms with E-state index in [1.165, 1.54) is 0 Å². The summed E-state index contributed by atoms with van der Waals surface area (Å²) in [5, 5.41) is 17.7. The molecule has 3 fully saturated rings. The minimum Gasteiger partial charge on any atom is -0.466 e. The van der Waals surface area contributed by atoms with Gasteiger partial charge in [-0.15, -0.1) is 11.7 Å². The second-order valence-corrected chi connectivity index (χ2v) is 11.3. The van der Waals surface area contributed by atoms with Crippen LogP contribution in [0.2, 0.25) is 0 Å². The molecule has 1 aromatic heterocycles. The molecule has 11 nitrogen and oxygen atoms in total. The van der Waals surface area contributed by atoms with E-state index in [0.717, 1.165) is 5.52 Å². The second kappa shape index (κ2) is 10.9. The summed E-state index contributed by atoms with van der Waals surface area (Å²) in [5.41, 5.74) is -0.573. The van der Waals surface area contributed by atoms with Crippen molar-refractivity contribution in [3.63, 3.8) is 0 Å². The van der Waals surface area contributed by atoms with Crippen LogP contribution in [0, 0.1) is 17.8 Å². The number of hydrogen-bond donors (Lipinski definition) is 1. The Morgan fingerprint density at radius 3 is 2.80 bits per heavy atom. The molecule has 3 aliphatic rings. The molecule has 5 rings (SSSR count). The van der Waals surface area contributed by atoms with Gasteiger partial charge in [-0.25, -0.2) is 4.68 Å². The molecule has 3 unspecified atom stereocenters. The lowest BCUT2D eigenvalue weighted by molar-refractivity contribution is -0.162. The summed E-state index contributed by atoms with van der Waals surface area (Å²) in [6.07, 6.45) is 4.05. The molecule has 2 aromatic rings. The predicted octanol–water partition coefficient (Wildman–Crippen LogP) is 2.14. The van der Waals surface area contributed by atoms with Crippen LogP contribution in [0.5, 0.6) is 0 Å².